The number of phenolic OH excluding ortho intramolecular Hbond substituents is 1. The molecule has 1 amide bonds. The molecule has 1 aromatic heterocycles. The van der Waals surface area contributed by atoms with E-state index in [0.717, 1.165) is 4.88 Å². The van der Waals surface area contributed by atoms with Crippen molar-refractivity contribution in [1.82, 2.24) is 4.90 Å². The lowest BCUT2D eigenvalue weighted by Gasteiger charge is -2.25. The van der Waals surface area contributed by atoms with Crippen LogP contribution in [0.3, 0.4) is 0 Å². The van der Waals surface area contributed by atoms with E-state index in [1.54, 1.807) is 12.1 Å². The average molecular weight is 490 g/mol. The molecule has 1 atom stereocenters. The fraction of sp³-hybridized carbons (Fsp3) is 0.130. The van der Waals surface area contributed by atoms with Crippen LogP contribution in [0.25, 0.3) is 5.76 Å². The Balaban J connectivity index is 1.89. The maximum absolute atomic E-state index is 13.1. The van der Waals surface area contributed by atoms with E-state index in [2.05, 4.69) is 0 Å². The summed E-state index contributed by atoms with van der Waals surface area (Å²) in [7, 11) is 1.41. The number of aliphatic hydroxyl groups is 1. The number of hydrogen-bond donors (Lipinski definition) is 2. The second kappa shape index (κ2) is 8.86. The summed E-state index contributed by atoms with van der Waals surface area (Å²) in [4.78, 5) is 28.3. The molecule has 1 saturated heterocycles. The number of thiophene rings is 1. The highest BCUT2D eigenvalue weighted by molar-refractivity contribution is 7.09. The number of rotatable bonds is 5. The van der Waals surface area contributed by atoms with Crippen LogP contribution in [-0.2, 0) is 16.1 Å². The predicted octanol–water partition coefficient (Wildman–Crippen LogP) is 5.39. The highest BCUT2D eigenvalue weighted by atomic mass is 35.5. The molecule has 2 aromatic carbocycles. The number of aliphatic hydroxyl groups excluding tert-OH is 1. The summed E-state index contributed by atoms with van der Waals surface area (Å²) in [6.07, 6.45) is 0. The summed E-state index contributed by atoms with van der Waals surface area (Å²) in [5, 5.41) is 23.0. The largest absolute Gasteiger partial charge is 0.508 e. The molecule has 1 unspecified atom stereocenters. The Labute approximate surface area is 197 Å². The van der Waals surface area contributed by atoms with E-state index in [0.29, 0.717) is 5.56 Å². The molecule has 164 valence electrons. The highest BCUT2D eigenvalue weighted by Crippen LogP contribution is 2.43. The molecule has 9 heteroatoms. The van der Waals surface area contributed by atoms with Gasteiger partial charge in [0.25, 0.3) is 11.7 Å². The molecule has 1 fully saturated rings. The Hall–Kier alpha value is -3.00. The van der Waals surface area contributed by atoms with Gasteiger partial charge in [0.1, 0.15) is 11.5 Å². The normalized spacial score (nSPS) is 17.7. The molecular formula is C23H17Cl2NO5S. The van der Waals surface area contributed by atoms with Crippen molar-refractivity contribution in [1.29, 1.82) is 0 Å². The zero-order chi connectivity index (χ0) is 23.0. The Morgan fingerprint density at radius 1 is 1.12 bits per heavy atom. The first kappa shape index (κ1) is 22.2. The van der Waals surface area contributed by atoms with Crippen LogP contribution in [0, 0.1) is 0 Å². The smallest absolute Gasteiger partial charge is 0.295 e. The zero-order valence-corrected chi connectivity index (χ0v) is 19.0. The van der Waals surface area contributed by atoms with Crippen molar-refractivity contribution in [2.24, 2.45) is 0 Å². The van der Waals surface area contributed by atoms with Gasteiger partial charge in [0, 0.05) is 10.4 Å². The van der Waals surface area contributed by atoms with Crippen LogP contribution in [0.15, 0.2) is 59.5 Å². The van der Waals surface area contributed by atoms with Crippen molar-refractivity contribution in [2.75, 3.05) is 7.11 Å². The van der Waals surface area contributed by atoms with Crippen LogP contribution in [0.4, 0.5) is 0 Å². The van der Waals surface area contributed by atoms with Crippen LogP contribution < -0.4 is 4.74 Å². The number of carbonyl (C=O) groups excluding carboxylic acids is 2. The zero-order valence-electron chi connectivity index (χ0n) is 16.7. The maximum Gasteiger partial charge on any atom is 0.295 e. The number of aromatic hydroxyl groups is 1. The first-order valence-electron chi connectivity index (χ1n) is 9.45. The van der Waals surface area contributed by atoms with Crippen LogP contribution in [-0.4, -0.2) is 33.9 Å². The Kier molecular flexibility index (Phi) is 6.15. The quantitative estimate of drug-likeness (QED) is 0.285. The summed E-state index contributed by atoms with van der Waals surface area (Å²) in [6, 6.07) is 11.8. The SMILES string of the molecule is COc1c(Cl)cc(/C(O)=C2\C(=O)C(=O)N(Cc3cccs3)C2c2ccc(O)cc2)cc1Cl. The summed E-state index contributed by atoms with van der Waals surface area (Å²) in [5.74, 6) is -1.68. The molecule has 1 aliphatic rings. The number of ketones is 1. The predicted molar refractivity (Wildman–Crippen MR) is 123 cm³/mol. The first-order chi connectivity index (χ1) is 15.3. The van der Waals surface area contributed by atoms with Gasteiger partial charge in [-0.15, -0.1) is 11.3 Å². The fourth-order valence-electron chi connectivity index (χ4n) is 3.66. The fourth-order valence-corrected chi connectivity index (χ4v) is 5.01. The van der Waals surface area contributed by atoms with Crippen LogP contribution in [0.2, 0.25) is 10.0 Å². The standard InChI is InChI=1S/C23H17Cl2NO5S/c1-31-22-16(24)9-13(10-17(22)25)20(28)18-19(12-4-6-14(27)7-5-12)26(23(30)21(18)29)11-15-3-2-8-32-15/h2-10,19,27-28H,11H2,1H3/b20-18+. The van der Waals surface area contributed by atoms with Gasteiger partial charge < -0.3 is 19.8 Å². The summed E-state index contributed by atoms with van der Waals surface area (Å²) in [5.41, 5.74) is 0.652. The molecule has 0 radical (unpaired) electrons. The van der Waals surface area contributed by atoms with Gasteiger partial charge in [-0.1, -0.05) is 41.4 Å². The van der Waals surface area contributed by atoms with E-state index < -0.39 is 23.5 Å². The number of halogens is 2. The molecule has 0 bridgehead atoms. The number of amides is 1. The van der Waals surface area contributed by atoms with Gasteiger partial charge in [-0.05, 0) is 41.3 Å². The Morgan fingerprint density at radius 3 is 2.34 bits per heavy atom. The van der Waals surface area contributed by atoms with E-state index in [1.807, 2.05) is 17.5 Å². The van der Waals surface area contributed by atoms with Crippen molar-refractivity contribution in [3.05, 3.63) is 85.5 Å². The number of carbonyl (C=O) groups is 2. The Morgan fingerprint density at radius 2 is 1.78 bits per heavy atom. The number of phenols is 1. The number of hydrogen-bond acceptors (Lipinski definition) is 6. The molecule has 1 aliphatic heterocycles. The van der Waals surface area contributed by atoms with Gasteiger partial charge in [-0.3, -0.25) is 9.59 Å². The van der Waals surface area contributed by atoms with Gasteiger partial charge in [-0.25, -0.2) is 0 Å². The van der Waals surface area contributed by atoms with Gasteiger partial charge in [0.2, 0.25) is 0 Å². The minimum Gasteiger partial charge on any atom is -0.508 e. The minimum atomic E-state index is -0.864. The van der Waals surface area contributed by atoms with E-state index in [4.69, 9.17) is 27.9 Å². The van der Waals surface area contributed by atoms with E-state index in [9.17, 15) is 19.8 Å². The minimum absolute atomic E-state index is 0.0395. The second-order valence-corrected chi connectivity index (χ2v) is 8.92. The number of benzene rings is 2. The molecule has 2 N–H and O–H groups in total. The lowest BCUT2D eigenvalue weighted by atomic mass is 9.95. The van der Waals surface area contributed by atoms with Crippen molar-refractivity contribution < 1.29 is 24.5 Å². The van der Waals surface area contributed by atoms with Crippen LogP contribution in [0.5, 0.6) is 11.5 Å². The molecule has 0 spiro atoms. The molecule has 4 rings (SSSR count). The molecule has 6 nitrogen and oxygen atoms in total. The van der Waals surface area contributed by atoms with Gasteiger partial charge in [0.15, 0.2) is 5.75 Å². The topological polar surface area (TPSA) is 87.1 Å². The molecule has 0 saturated carbocycles. The first-order valence-corrected chi connectivity index (χ1v) is 11.1. The third-order valence-electron chi connectivity index (χ3n) is 5.13. The highest BCUT2D eigenvalue weighted by Gasteiger charge is 2.46. The van der Waals surface area contributed by atoms with Gasteiger partial charge in [-0.2, -0.15) is 0 Å². The summed E-state index contributed by atoms with van der Waals surface area (Å²) >= 11 is 13.9. The van der Waals surface area contributed by atoms with Crippen molar-refractivity contribution in [2.45, 2.75) is 12.6 Å². The van der Waals surface area contributed by atoms with E-state index in [1.165, 1.54) is 47.6 Å². The number of likely N-dealkylation sites (tertiary alicyclic amines) is 1. The number of Topliss-reactive ketones (excluding diaryl/α,β-unsaturated/α-hetero) is 1. The number of methoxy groups -OCH3 is 1. The third kappa shape index (κ3) is 3.95. The molecule has 32 heavy (non-hydrogen) atoms. The van der Waals surface area contributed by atoms with Crippen LogP contribution >= 0.6 is 34.5 Å². The molecule has 2 heterocycles. The van der Waals surface area contributed by atoms with Crippen molar-refractivity contribution in [3.8, 4) is 11.5 Å². The Bertz CT molecular complexity index is 1200. The second-order valence-electron chi connectivity index (χ2n) is 7.07. The summed E-state index contributed by atoms with van der Waals surface area (Å²) in [6.45, 7) is 0.189. The van der Waals surface area contributed by atoms with E-state index >= 15 is 0 Å². The van der Waals surface area contributed by atoms with Gasteiger partial charge >= 0.3 is 0 Å². The van der Waals surface area contributed by atoms with E-state index in [-0.39, 0.29) is 39.2 Å². The lowest BCUT2D eigenvalue weighted by molar-refractivity contribution is -0.140. The lowest BCUT2D eigenvalue weighted by Crippen LogP contribution is -2.28. The summed E-state index contributed by atoms with van der Waals surface area (Å²) < 4.78 is 5.14. The third-order valence-corrected chi connectivity index (χ3v) is 6.55. The molecule has 3 aromatic rings. The number of ether oxygens (including phenoxy) is 1. The van der Waals surface area contributed by atoms with Crippen molar-refractivity contribution in [3.63, 3.8) is 0 Å². The van der Waals surface area contributed by atoms with Gasteiger partial charge in [0.05, 0.1) is 35.3 Å². The molecular weight excluding hydrogens is 473 g/mol. The van der Waals surface area contributed by atoms with Crippen molar-refractivity contribution >= 4 is 52.0 Å². The maximum atomic E-state index is 13.1. The average Bonchev–Trinajstić information content (AvgIpc) is 3.36. The monoisotopic (exact) mass is 489 g/mol. The molecule has 0 aliphatic carbocycles. The van der Waals surface area contributed by atoms with Crippen LogP contribution in [0.1, 0.15) is 22.0 Å². The number of nitrogens with zero attached hydrogens (tertiary/aromatic N) is 1.